The lowest BCUT2D eigenvalue weighted by atomic mass is 9.93. The van der Waals surface area contributed by atoms with E-state index in [1.807, 2.05) is 24.5 Å². The summed E-state index contributed by atoms with van der Waals surface area (Å²) in [5.74, 6) is 0.472. The van der Waals surface area contributed by atoms with Gasteiger partial charge in [-0.05, 0) is 43.4 Å². The van der Waals surface area contributed by atoms with Gasteiger partial charge in [0, 0.05) is 49.7 Å². The second-order valence-electron chi connectivity index (χ2n) is 7.89. The van der Waals surface area contributed by atoms with Crippen LogP contribution >= 0.6 is 0 Å². The first-order valence-corrected chi connectivity index (χ1v) is 10.5. The number of aromatic amines is 1. The van der Waals surface area contributed by atoms with Crippen molar-refractivity contribution in [2.45, 2.75) is 37.8 Å². The second kappa shape index (κ2) is 7.99. The average molecular weight is 419 g/mol. The molecule has 9 heteroatoms. The van der Waals surface area contributed by atoms with Gasteiger partial charge in [0.1, 0.15) is 5.65 Å². The smallest absolute Gasteiger partial charge is 0.255 e. The van der Waals surface area contributed by atoms with Gasteiger partial charge in [-0.15, -0.1) is 0 Å². The molecule has 5 rings (SSSR count). The van der Waals surface area contributed by atoms with Gasteiger partial charge in [0.05, 0.1) is 23.4 Å². The molecule has 1 aliphatic rings. The number of nitrogens with one attached hydrogen (secondary N) is 3. The first kappa shape index (κ1) is 19.5. The molecule has 9 nitrogen and oxygen atoms in total. The molecule has 0 unspecified atom stereocenters. The molecule has 31 heavy (non-hydrogen) atoms. The molecule has 0 saturated heterocycles. The van der Waals surface area contributed by atoms with Crippen molar-refractivity contribution in [1.29, 1.82) is 0 Å². The van der Waals surface area contributed by atoms with E-state index in [9.17, 15) is 4.79 Å². The third-order valence-corrected chi connectivity index (χ3v) is 6.08. The third-order valence-electron chi connectivity index (χ3n) is 6.08. The summed E-state index contributed by atoms with van der Waals surface area (Å²) >= 11 is 0. The summed E-state index contributed by atoms with van der Waals surface area (Å²) in [7, 11) is 3.54. The van der Waals surface area contributed by atoms with E-state index in [0.29, 0.717) is 17.6 Å². The molecule has 160 valence electrons. The fourth-order valence-electron chi connectivity index (χ4n) is 4.30. The minimum Gasteiger partial charge on any atom is -0.381 e. The maximum absolute atomic E-state index is 13.0. The second-order valence-corrected chi connectivity index (χ2v) is 7.89. The molecule has 0 aromatic carbocycles. The highest BCUT2D eigenvalue weighted by molar-refractivity contribution is 6.02. The van der Waals surface area contributed by atoms with Gasteiger partial charge in [-0.25, -0.2) is 9.50 Å². The van der Waals surface area contributed by atoms with Crippen molar-refractivity contribution < 1.29 is 9.53 Å². The average Bonchev–Trinajstić information content (AvgIpc) is 3.42. The fourth-order valence-corrected chi connectivity index (χ4v) is 4.30. The monoisotopic (exact) mass is 419 g/mol. The summed E-state index contributed by atoms with van der Waals surface area (Å²) in [6, 6.07) is 4.13. The summed E-state index contributed by atoms with van der Waals surface area (Å²) in [5.41, 5.74) is 4.04. The van der Waals surface area contributed by atoms with Gasteiger partial charge in [0.25, 0.3) is 5.91 Å². The van der Waals surface area contributed by atoms with Crippen molar-refractivity contribution in [3.8, 4) is 11.1 Å². The molecule has 3 N–H and O–H groups in total. The van der Waals surface area contributed by atoms with Crippen LogP contribution in [-0.4, -0.2) is 56.8 Å². The maximum atomic E-state index is 13.0. The van der Waals surface area contributed by atoms with Crippen LogP contribution in [0.4, 0.5) is 5.95 Å². The Labute approximate surface area is 179 Å². The van der Waals surface area contributed by atoms with E-state index in [2.05, 4.69) is 30.7 Å². The number of rotatable bonds is 5. The highest BCUT2D eigenvalue weighted by Gasteiger charge is 2.24. The van der Waals surface area contributed by atoms with Crippen molar-refractivity contribution >= 4 is 28.4 Å². The van der Waals surface area contributed by atoms with Crippen molar-refractivity contribution in [1.82, 2.24) is 29.9 Å². The number of methoxy groups -OCH3 is 1. The van der Waals surface area contributed by atoms with Crippen molar-refractivity contribution in [2.24, 2.45) is 0 Å². The van der Waals surface area contributed by atoms with E-state index in [4.69, 9.17) is 4.74 Å². The highest BCUT2D eigenvalue weighted by atomic mass is 16.5. The third kappa shape index (κ3) is 3.61. The Morgan fingerprint density at radius 1 is 1.26 bits per heavy atom. The van der Waals surface area contributed by atoms with Crippen molar-refractivity contribution in [2.75, 3.05) is 19.5 Å². The van der Waals surface area contributed by atoms with Gasteiger partial charge in [-0.2, -0.15) is 10.1 Å². The number of hydrogen-bond donors (Lipinski definition) is 3. The molecule has 4 aromatic rings. The van der Waals surface area contributed by atoms with Crippen LogP contribution in [0.3, 0.4) is 0 Å². The Morgan fingerprint density at radius 3 is 2.87 bits per heavy atom. The number of nitrogens with zero attached hydrogens (tertiary/aromatic N) is 4. The molecule has 1 saturated carbocycles. The summed E-state index contributed by atoms with van der Waals surface area (Å²) in [5, 5.41) is 11.4. The number of amides is 1. The van der Waals surface area contributed by atoms with Gasteiger partial charge < -0.3 is 20.4 Å². The Morgan fingerprint density at radius 2 is 2.10 bits per heavy atom. The van der Waals surface area contributed by atoms with Crippen LogP contribution < -0.4 is 10.6 Å². The van der Waals surface area contributed by atoms with Gasteiger partial charge in [0.15, 0.2) is 0 Å². The standard InChI is InChI=1S/C22H25N7O2/c1-23-22-25-11-17-16(10-24-20(17)28-22)13-7-8-29-19(9-13)18(12-26-29)21(30)27-14-3-5-15(31-2)6-4-14/h7-12,14-15H,3-6H2,1-2H3,(H,27,30)(H2,23,24,25,28). The zero-order valence-electron chi connectivity index (χ0n) is 17.6. The Bertz CT molecular complexity index is 1240. The number of carbonyl (C=O) groups excluding carboxylic acids is 1. The highest BCUT2D eigenvalue weighted by Crippen LogP contribution is 2.29. The van der Waals surface area contributed by atoms with E-state index in [1.54, 1.807) is 31.1 Å². The van der Waals surface area contributed by atoms with Crippen LogP contribution in [-0.2, 0) is 4.74 Å². The van der Waals surface area contributed by atoms with Crippen molar-refractivity contribution in [3.05, 3.63) is 42.5 Å². The zero-order chi connectivity index (χ0) is 21.4. The number of fused-ring (bicyclic) bond motifs is 2. The van der Waals surface area contributed by atoms with Crippen molar-refractivity contribution in [3.63, 3.8) is 0 Å². The van der Waals surface area contributed by atoms with Crippen LogP contribution in [0, 0.1) is 0 Å². The van der Waals surface area contributed by atoms with Crippen LogP contribution in [0.2, 0.25) is 0 Å². The summed E-state index contributed by atoms with van der Waals surface area (Å²) in [6.45, 7) is 0. The molecular weight excluding hydrogens is 394 g/mol. The lowest BCUT2D eigenvalue weighted by molar-refractivity contribution is 0.0599. The maximum Gasteiger partial charge on any atom is 0.255 e. The normalized spacial score (nSPS) is 19.0. The first-order chi connectivity index (χ1) is 15.2. The SMILES string of the molecule is CNc1ncc2c(-c3ccn4ncc(C(=O)NC5CCC(OC)CC5)c4c3)c[nH]c2n1. The Kier molecular flexibility index (Phi) is 5.03. The summed E-state index contributed by atoms with van der Waals surface area (Å²) < 4.78 is 7.15. The molecule has 1 amide bonds. The minimum absolute atomic E-state index is 0.0889. The quantitative estimate of drug-likeness (QED) is 0.459. The topological polar surface area (TPSA) is 109 Å². The molecule has 1 aliphatic carbocycles. The molecular formula is C22H25N7O2. The largest absolute Gasteiger partial charge is 0.381 e. The number of H-pyrrole nitrogens is 1. The van der Waals surface area contributed by atoms with E-state index in [0.717, 1.165) is 53.4 Å². The Hall–Kier alpha value is -3.46. The molecule has 4 aromatic heterocycles. The number of carbonyl (C=O) groups is 1. The summed E-state index contributed by atoms with van der Waals surface area (Å²) in [4.78, 5) is 25.0. The minimum atomic E-state index is -0.0889. The fraction of sp³-hybridized carbons (Fsp3) is 0.364. The van der Waals surface area contributed by atoms with Gasteiger partial charge in [-0.1, -0.05) is 0 Å². The lowest BCUT2D eigenvalue weighted by Gasteiger charge is -2.28. The molecule has 0 bridgehead atoms. The molecule has 1 fully saturated rings. The van der Waals surface area contributed by atoms with Crippen LogP contribution in [0.5, 0.6) is 0 Å². The predicted octanol–water partition coefficient (Wildman–Crippen LogP) is 3.00. The van der Waals surface area contributed by atoms with Gasteiger partial charge >= 0.3 is 0 Å². The first-order valence-electron chi connectivity index (χ1n) is 10.5. The zero-order valence-corrected chi connectivity index (χ0v) is 17.6. The van der Waals surface area contributed by atoms with Crippen LogP contribution in [0.15, 0.2) is 36.9 Å². The molecule has 4 heterocycles. The number of anilines is 1. The molecule has 0 aliphatic heterocycles. The van der Waals surface area contributed by atoms with E-state index < -0.39 is 0 Å². The van der Waals surface area contributed by atoms with E-state index in [1.165, 1.54) is 0 Å². The van der Waals surface area contributed by atoms with Crippen LogP contribution in [0.25, 0.3) is 27.7 Å². The Balaban J connectivity index is 1.43. The number of pyridine rings is 1. The molecule has 0 spiro atoms. The number of ether oxygens (including phenoxy) is 1. The van der Waals surface area contributed by atoms with E-state index in [-0.39, 0.29) is 11.9 Å². The molecule has 0 atom stereocenters. The van der Waals surface area contributed by atoms with Gasteiger partial charge in [-0.3, -0.25) is 4.79 Å². The van der Waals surface area contributed by atoms with E-state index >= 15 is 0 Å². The molecule has 0 radical (unpaired) electrons. The summed E-state index contributed by atoms with van der Waals surface area (Å²) in [6.07, 6.45) is 11.3. The number of hydrogen-bond acceptors (Lipinski definition) is 6. The lowest BCUT2D eigenvalue weighted by Crippen LogP contribution is -2.38. The number of aromatic nitrogens is 5. The predicted molar refractivity (Wildman–Crippen MR) is 118 cm³/mol. The van der Waals surface area contributed by atoms with Gasteiger partial charge in [0.2, 0.25) is 5.95 Å². The van der Waals surface area contributed by atoms with Crippen LogP contribution in [0.1, 0.15) is 36.0 Å².